The molecule has 0 aromatic heterocycles. The van der Waals surface area contributed by atoms with Crippen molar-refractivity contribution < 1.29 is 0 Å². The van der Waals surface area contributed by atoms with Crippen molar-refractivity contribution in [2.45, 2.75) is 75.5 Å². The fraction of sp³-hybridized carbons (Fsp3) is 0.750. The van der Waals surface area contributed by atoms with Crippen LogP contribution < -0.4 is 0 Å². The highest BCUT2D eigenvalue weighted by Gasteiger charge is 2.60. The van der Waals surface area contributed by atoms with Crippen molar-refractivity contribution in [1.82, 2.24) is 0 Å². The molecule has 0 aliphatic carbocycles. The molecule has 0 radical (unpaired) electrons. The molecule has 4 heteroatoms. The van der Waals surface area contributed by atoms with Crippen LogP contribution in [-0.2, 0) is 0 Å². The summed E-state index contributed by atoms with van der Waals surface area (Å²) in [5.74, 6) is 0. The van der Waals surface area contributed by atoms with Gasteiger partial charge in [-0.15, -0.1) is 24.6 Å². The van der Waals surface area contributed by atoms with E-state index in [1.165, 1.54) is 12.5 Å². The van der Waals surface area contributed by atoms with Crippen LogP contribution in [0.25, 0.3) is 0 Å². The molecule has 0 aromatic carbocycles. The summed E-state index contributed by atoms with van der Waals surface area (Å²) in [5, 5.41) is 1.05. The maximum absolute atomic E-state index is 4.20. The highest BCUT2D eigenvalue weighted by molar-refractivity contribution is 7.45. The van der Waals surface area contributed by atoms with Crippen LogP contribution in [0.2, 0.25) is 69.1 Å². The van der Waals surface area contributed by atoms with Crippen LogP contribution in [-0.4, -0.2) is 31.3 Å². The minimum absolute atomic E-state index is 1.04. The van der Waals surface area contributed by atoms with Crippen LogP contribution in [0.15, 0.2) is 24.6 Å². The molecule has 1 aliphatic heterocycles. The summed E-state index contributed by atoms with van der Waals surface area (Å²) in [6, 6.07) is 1.49. The number of hydrogen-bond donors (Lipinski definition) is 0. The Bertz CT molecular complexity index is 393. The van der Waals surface area contributed by atoms with Gasteiger partial charge in [-0.2, -0.15) is 0 Å². The second-order valence-corrected chi connectivity index (χ2v) is 35.6. The Kier molecular flexibility index (Phi) is 5.08. The van der Waals surface area contributed by atoms with Gasteiger partial charge in [-0.25, -0.2) is 0 Å². The normalized spacial score (nSPS) is 29.2. The molecule has 1 heterocycles. The van der Waals surface area contributed by atoms with Gasteiger partial charge in [-0.05, 0) is 10.7 Å². The van der Waals surface area contributed by atoms with E-state index in [2.05, 4.69) is 76.9 Å². The van der Waals surface area contributed by atoms with Crippen LogP contribution in [0.3, 0.4) is 0 Å². The number of hydrogen-bond acceptors (Lipinski definition) is 0. The molecular weight excluding hydrogens is 305 g/mol. The minimum Gasteiger partial charge on any atom is -0.107 e. The van der Waals surface area contributed by atoms with Crippen molar-refractivity contribution in [3.8, 4) is 0 Å². The average molecular weight is 341 g/mol. The smallest absolute Gasteiger partial charge is 0.0712 e. The summed E-state index contributed by atoms with van der Waals surface area (Å²) in [7, 11) is -4.64. The van der Waals surface area contributed by atoms with Gasteiger partial charge in [0.05, 0.1) is 16.1 Å². The second kappa shape index (κ2) is 5.52. The van der Waals surface area contributed by atoms with Crippen LogP contribution in [0, 0.1) is 0 Å². The molecule has 1 rings (SSSR count). The summed E-state index contributed by atoms with van der Waals surface area (Å²) in [6.07, 6.45) is 1.52. The highest BCUT2D eigenvalue weighted by Crippen LogP contribution is 2.57. The van der Waals surface area contributed by atoms with Gasteiger partial charge in [-0.1, -0.05) is 64.8 Å². The van der Waals surface area contributed by atoms with E-state index in [1.807, 2.05) is 0 Å². The lowest BCUT2D eigenvalue weighted by Gasteiger charge is -2.43. The molecule has 0 amide bonds. The molecule has 0 spiro atoms. The van der Waals surface area contributed by atoms with Crippen LogP contribution >= 0.6 is 0 Å². The lowest BCUT2D eigenvalue weighted by Crippen LogP contribution is -2.58. The van der Waals surface area contributed by atoms with Crippen molar-refractivity contribution in [1.29, 1.82) is 0 Å². The van der Waals surface area contributed by atoms with Crippen LogP contribution in [0.1, 0.15) is 6.42 Å². The third-order valence-corrected chi connectivity index (χ3v) is 38.2. The van der Waals surface area contributed by atoms with E-state index in [1.54, 1.807) is 0 Å². The van der Waals surface area contributed by atoms with Gasteiger partial charge in [0, 0.05) is 15.2 Å². The summed E-state index contributed by atoms with van der Waals surface area (Å²) in [4.78, 5) is 0. The molecule has 0 saturated carbocycles. The van der Waals surface area contributed by atoms with Gasteiger partial charge in [0.2, 0.25) is 0 Å². The van der Waals surface area contributed by atoms with Crippen molar-refractivity contribution in [3.05, 3.63) is 24.6 Å². The first-order valence-corrected chi connectivity index (χ1v) is 21.7. The Morgan fingerprint density at radius 2 is 1.45 bits per heavy atom. The molecule has 2 atom stereocenters. The summed E-state index contributed by atoms with van der Waals surface area (Å²) in [6.45, 7) is 29.3. The molecule has 2 unspecified atom stereocenters. The van der Waals surface area contributed by atoms with Crippen molar-refractivity contribution in [2.75, 3.05) is 0 Å². The average Bonchev–Trinajstić information content (AvgIpc) is 2.49. The van der Waals surface area contributed by atoms with E-state index in [0.29, 0.717) is 0 Å². The summed E-state index contributed by atoms with van der Waals surface area (Å²) in [5.41, 5.74) is 5.73. The molecular formula is C16H36Si4. The third-order valence-electron chi connectivity index (χ3n) is 6.82. The van der Waals surface area contributed by atoms with Crippen LogP contribution in [0.5, 0.6) is 0 Å². The predicted molar refractivity (Wildman–Crippen MR) is 107 cm³/mol. The zero-order chi connectivity index (χ0) is 16.0. The molecule has 1 fully saturated rings. The first kappa shape index (κ1) is 18.4. The zero-order valence-corrected chi connectivity index (χ0v) is 19.1. The first-order valence-electron chi connectivity index (χ1n) is 8.09. The summed E-state index contributed by atoms with van der Waals surface area (Å²) < 4.78 is 0. The van der Waals surface area contributed by atoms with Gasteiger partial charge in [-0.3, -0.25) is 0 Å². The largest absolute Gasteiger partial charge is 0.107 e. The fourth-order valence-corrected chi connectivity index (χ4v) is 36.8. The topological polar surface area (TPSA) is 0 Å². The van der Waals surface area contributed by atoms with E-state index in [4.69, 9.17) is 0 Å². The van der Waals surface area contributed by atoms with Crippen molar-refractivity contribution >= 4 is 31.3 Å². The predicted octanol–water partition coefficient (Wildman–Crippen LogP) is 6.03. The molecule has 1 aliphatic rings. The third kappa shape index (κ3) is 3.08. The Hall–Kier alpha value is 0.348. The quantitative estimate of drug-likeness (QED) is 0.536. The summed E-state index contributed by atoms with van der Waals surface area (Å²) >= 11 is 0. The van der Waals surface area contributed by atoms with Gasteiger partial charge >= 0.3 is 0 Å². The highest BCUT2D eigenvalue weighted by atomic mass is 29.3. The van der Waals surface area contributed by atoms with E-state index in [0.717, 1.165) is 10.7 Å². The van der Waals surface area contributed by atoms with Gasteiger partial charge < -0.3 is 0 Å². The van der Waals surface area contributed by atoms with Crippen LogP contribution in [0.4, 0.5) is 0 Å². The molecule has 0 N–H and O–H groups in total. The lowest BCUT2D eigenvalue weighted by atomic mass is 10.3. The van der Waals surface area contributed by atoms with Gasteiger partial charge in [0.1, 0.15) is 0 Å². The molecule has 0 bridgehead atoms. The minimum atomic E-state index is -1.25. The zero-order valence-electron chi connectivity index (χ0n) is 15.1. The van der Waals surface area contributed by atoms with Crippen molar-refractivity contribution in [2.24, 2.45) is 0 Å². The second-order valence-electron chi connectivity index (χ2n) is 9.35. The molecule has 0 nitrogen and oxygen atoms in total. The Balaban J connectivity index is 3.14. The Morgan fingerprint density at radius 3 is 1.85 bits per heavy atom. The molecule has 116 valence electrons. The Morgan fingerprint density at radius 1 is 0.950 bits per heavy atom. The number of rotatable bonds is 5. The van der Waals surface area contributed by atoms with Gasteiger partial charge in [0.15, 0.2) is 0 Å². The maximum atomic E-state index is 4.20. The fourth-order valence-electron chi connectivity index (χ4n) is 4.28. The lowest BCUT2D eigenvalue weighted by molar-refractivity contribution is 0.817. The monoisotopic (exact) mass is 340 g/mol. The SMILES string of the molecule is C=C[Si](C)(C)CC1CC([Si](C)(C)C=C)[Si](C)(C)[Si]1(C)C. The van der Waals surface area contributed by atoms with E-state index >= 15 is 0 Å². The van der Waals surface area contributed by atoms with E-state index in [-0.39, 0.29) is 0 Å². The molecule has 20 heavy (non-hydrogen) atoms. The standard InChI is InChI=1S/C16H36Si4/c1-11-17(3,4)14-15-13-16(18(5,6)12-2)20(9,10)19(15,7)8/h11-12,15-16H,1-2,13-14H2,3-10H3. The van der Waals surface area contributed by atoms with E-state index < -0.39 is 31.3 Å². The van der Waals surface area contributed by atoms with E-state index in [9.17, 15) is 0 Å². The Labute approximate surface area is 131 Å². The van der Waals surface area contributed by atoms with Gasteiger partial charge in [0.25, 0.3) is 0 Å². The first-order chi connectivity index (χ1) is 8.82. The maximum Gasteiger partial charge on any atom is 0.0712 e. The van der Waals surface area contributed by atoms with Crippen molar-refractivity contribution in [3.63, 3.8) is 0 Å². The molecule has 0 aromatic rings. The molecule has 1 saturated heterocycles.